The molecule has 0 spiro atoms. The molecule has 0 unspecified atom stereocenters. The van der Waals surface area contributed by atoms with E-state index in [1.165, 1.54) is 0 Å². The summed E-state index contributed by atoms with van der Waals surface area (Å²) in [6.45, 7) is 7.03. The predicted octanol–water partition coefficient (Wildman–Crippen LogP) is 2.10. The van der Waals surface area contributed by atoms with Gasteiger partial charge < -0.3 is 5.32 Å². The summed E-state index contributed by atoms with van der Waals surface area (Å²) >= 11 is 0. The molecule has 3 rings (SSSR count). The molecule has 112 valence electrons. The Morgan fingerprint density at radius 1 is 1.38 bits per heavy atom. The number of carbonyl (C=O) groups is 1. The van der Waals surface area contributed by atoms with Crippen LogP contribution in [0.2, 0.25) is 0 Å². The quantitative estimate of drug-likeness (QED) is 0.936. The highest BCUT2D eigenvalue weighted by Crippen LogP contribution is 2.17. The Morgan fingerprint density at radius 3 is 2.86 bits per heavy atom. The molecule has 1 N–H and O–H groups in total. The zero-order chi connectivity index (χ0) is 15.0. The fourth-order valence-electron chi connectivity index (χ4n) is 2.58. The molecule has 0 fully saturated rings. The number of fused-ring (bicyclic) bond motifs is 1. The highest BCUT2D eigenvalue weighted by Gasteiger charge is 2.20. The first-order valence-corrected chi connectivity index (χ1v) is 7.46. The summed E-state index contributed by atoms with van der Waals surface area (Å²) in [5.74, 6) is -0.123. The van der Waals surface area contributed by atoms with Gasteiger partial charge in [-0.25, -0.2) is 0 Å². The minimum atomic E-state index is -0.123. The lowest BCUT2D eigenvalue weighted by atomic mass is 10.2. The minimum Gasteiger partial charge on any atom is -0.344 e. The third-order valence-corrected chi connectivity index (χ3v) is 3.90. The zero-order valence-electron chi connectivity index (χ0n) is 12.7. The van der Waals surface area contributed by atoms with Gasteiger partial charge in [0.1, 0.15) is 5.69 Å². The third-order valence-electron chi connectivity index (χ3n) is 3.90. The van der Waals surface area contributed by atoms with Crippen molar-refractivity contribution in [3.05, 3.63) is 35.4 Å². The van der Waals surface area contributed by atoms with Crippen LogP contribution in [0, 0.1) is 0 Å². The monoisotopic (exact) mass is 287 g/mol. The van der Waals surface area contributed by atoms with Crippen LogP contribution >= 0.6 is 0 Å². The van der Waals surface area contributed by atoms with Gasteiger partial charge in [-0.15, -0.1) is 0 Å². The molecule has 0 saturated carbocycles. The van der Waals surface area contributed by atoms with Gasteiger partial charge in [-0.1, -0.05) is 0 Å². The van der Waals surface area contributed by atoms with Crippen LogP contribution in [0.15, 0.2) is 18.5 Å². The first-order valence-electron chi connectivity index (χ1n) is 7.46. The van der Waals surface area contributed by atoms with Crippen molar-refractivity contribution in [3.8, 4) is 0 Å². The van der Waals surface area contributed by atoms with Crippen molar-refractivity contribution in [3.63, 3.8) is 0 Å². The first kappa shape index (κ1) is 13.9. The molecule has 1 atom stereocenters. The summed E-state index contributed by atoms with van der Waals surface area (Å²) in [5, 5.41) is 11.6. The molecule has 0 aliphatic carbocycles. The van der Waals surface area contributed by atoms with Crippen molar-refractivity contribution in [2.24, 2.45) is 0 Å². The van der Waals surface area contributed by atoms with Gasteiger partial charge in [0.15, 0.2) is 0 Å². The highest BCUT2D eigenvalue weighted by atomic mass is 16.2. The van der Waals surface area contributed by atoms with Gasteiger partial charge in [0, 0.05) is 30.0 Å². The average molecular weight is 287 g/mol. The van der Waals surface area contributed by atoms with E-state index in [9.17, 15) is 4.79 Å². The van der Waals surface area contributed by atoms with Crippen LogP contribution in [-0.4, -0.2) is 25.5 Å². The van der Waals surface area contributed by atoms with Crippen LogP contribution in [0.1, 0.15) is 61.0 Å². The van der Waals surface area contributed by atoms with Gasteiger partial charge in [0.2, 0.25) is 0 Å². The molecule has 21 heavy (non-hydrogen) atoms. The second kappa shape index (κ2) is 5.35. The van der Waals surface area contributed by atoms with E-state index in [1.54, 1.807) is 6.20 Å². The lowest BCUT2D eigenvalue weighted by molar-refractivity contribution is 0.0934. The Hall–Kier alpha value is -2.11. The number of nitrogens with zero attached hydrogens (tertiary/aromatic N) is 4. The maximum atomic E-state index is 12.3. The van der Waals surface area contributed by atoms with Crippen LogP contribution in [0.3, 0.4) is 0 Å². The number of nitrogens with one attached hydrogen (secondary N) is 1. The number of rotatable bonds is 4. The van der Waals surface area contributed by atoms with Crippen LogP contribution in [-0.2, 0) is 13.0 Å². The Labute approximate surface area is 124 Å². The standard InChI is InChI=1S/C15H21N5O/c1-10(2)20-9-12(8-16-20)11(3)17-15(21)14-7-13-5-4-6-19(13)18-14/h7-11H,4-6H2,1-3H3,(H,17,21)/t11-/m0/s1. The van der Waals surface area contributed by atoms with E-state index >= 15 is 0 Å². The molecule has 6 nitrogen and oxygen atoms in total. The van der Waals surface area contributed by atoms with Crippen molar-refractivity contribution in [1.82, 2.24) is 24.9 Å². The SMILES string of the molecule is CC(C)n1cc([C@H](C)NC(=O)c2cc3n(n2)CCC3)cn1. The zero-order valence-corrected chi connectivity index (χ0v) is 12.7. The van der Waals surface area contributed by atoms with E-state index in [-0.39, 0.29) is 11.9 Å². The number of amides is 1. The van der Waals surface area contributed by atoms with Crippen molar-refractivity contribution in [2.75, 3.05) is 0 Å². The van der Waals surface area contributed by atoms with Gasteiger partial charge in [-0.2, -0.15) is 10.2 Å². The van der Waals surface area contributed by atoms with Gasteiger partial charge in [0.25, 0.3) is 5.91 Å². The number of aryl methyl sites for hydroxylation is 2. The van der Waals surface area contributed by atoms with Gasteiger partial charge in [-0.3, -0.25) is 14.2 Å². The molecule has 1 aliphatic heterocycles. The molecule has 1 aliphatic rings. The van der Waals surface area contributed by atoms with Crippen LogP contribution in [0.4, 0.5) is 0 Å². The molecule has 0 bridgehead atoms. The van der Waals surface area contributed by atoms with Gasteiger partial charge in [0.05, 0.1) is 12.2 Å². The highest BCUT2D eigenvalue weighted by molar-refractivity contribution is 5.92. The number of carbonyl (C=O) groups excluding carboxylic acids is 1. The maximum Gasteiger partial charge on any atom is 0.272 e. The van der Waals surface area contributed by atoms with E-state index in [0.717, 1.165) is 30.6 Å². The second-order valence-corrected chi connectivity index (χ2v) is 5.89. The minimum absolute atomic E-state index is 0.0819. The molecule has 0 aromatic carbocycles. The summed E-state index contributed by atoms with van der Waals surface area (Å²) in [7, 11) is 0. The van der Waals surface area contributed by atoms with Gasteiger partial charge >= 0.3 is 0 Å². The summed E-state index contributed by atoms with van der Waals surface area (Å²) in [5.41, 5.74) is 2.66. The lowest BCUT2D eigenvalue weighted by Gasteiger charge is -2.11. The van der Waals surface area contributed by atoms with Crippen molar-refractivity contribution < 1.29 is 4.79 Å². The average Bonchev–Trinajstić information content (AvgIpc) is 3.13. The smallest absolute Gasteiger partial charge is 0.272 e. The molecule has 2 aromatic heterocycles. The van der Waals surface area contributed by atoms with Crippen LogP contribution in [0.5, 0.6) is 0 Å². The number of hydrogen-bond acceptors (Lipinski definition) is 3. The van der Waals surface area contributed by atoms with E-state index in [0.29, 0.717) is 11.7 Å². The summed E-state index contributed by atoms with van der Waals surface area (Å²) in [4.78, 5) is 12.3. The van der Waals surface area contributed by atoms with Gasteiger partial charge in [-0.05, 0) is 39.7 Å². The maximum absolute atomic E-state index is 12.3. The van der Waals surface area contributed by atoms with Crippen molar-refractivity contribution in [2.45, 2.75) is 52.2 Å². The Bertz CT molecular complexity index is 633. The first-order chi connectivity index (χ1) is 10.0. The normalized spacial score (nSPS) is 15.2. The molecule has 3 heterocycles. The van der Waals surface area contributed by atoms with E-state index in [1.807, 2.05) is 28.6 Å². The fourth-order valence-corrected chi connectivity index (χ4v) is 2.58. The van der Waals surface area contributed by atoms with E-state index in [2.05, 4.69) is 29.4 Å². The fraction of sp³-hybridized carbons (Fsp3) is 0.533. The summed E-state index contributed by atoms with van der Waals surface area (Å²) < 4.78 is 3.82. The number of hydrogen-bond donors (Lipinski definition) is 1. The van der Waals surface area contributed by atoms with Crippen molar-refractivity contribution in [1.29, 1.82) is 0 Å². The Balaban J connectivity index is 1.68. The largest absolute Gasteiger partial charge is 0.344 e. The second-order valence-electron chi connectivity index (χ2n) is 5.89. The summed E-state index contributed by atoms with van der Waals surface area (Å²) in [6.07, 6.45) is 5.91. The molecular formula is C15H21N5O. The van der Waals surface area contributed by atoms with Crippen LogP contribution < -0.4 is 5.32 Å². The molecule has 0 saturated heterocycles. The topological polar surface area (TPSA) is 64.7 Å². The molecule has 2 aromatic rings. The molecule has 6 heteroatoms. The Morgan fingerprint density at radius 2 is 2.19 bits per heavy atom. The van der Waals surface area contributed by atoms with E-state index < -0.39 is 0 Å². The molecule has 1 amide bonds. The third kappa shape index (κ3) is 2.70. The van der Waals surface area contributed by atoms with Crippen molar-refractivity contribution >= 4 is 5.91 Å². The van der Waals surface area contributed by atoms with E-state index in [4.69, 9.17) is 0 Å². The predicted molar refractivity (Wildman–Crippen MR) is 79.0 cm³/mol. The summed E-state index contributed by atoms with van der Waals surface area (Å²) in [6, 6.07) is 2.13. The lowest BCUT2D eigenvalue weighted by Crippen LogP contribution is -2.27. The molecule has 0 radical (unpaired) electrons. The number of aromatic nitrogens is 4. The molecular weight excluding hydrogens is 266 g/mol. The Kier molecular flexibility index (Phi) is 3.53. The van der Waals surface area contributed by atoms with Crippen LogP contribution in [0.25, 0.3) is 0 Å².